The van der Waals surface area contributed by atoms with Crippen molar-refractivity contribution in [1.82, 2.24) is 15.3 Å². The molecular formula is C18H17ClN4O4. The lowest BCUT2D eigenvalue weighted by Gasteiger charge is -2.23. The number of ether oxygens (including phenoxy) is 2. The molecule has 1 unspecified atom stereocenters. The van der Waals surface area contributed by atoms with E-state index in [1.165, 1.54) is 0 Å². The highest BCUT2D eigenvalue weighted by Crippen LogP contribution is 2.30. The van der Waals surface area contributed by atoms with E-state index in [9.17, 15) is 4.79 Å². The molecular weight excluding hydrogens is 372 g/mol. The summed E-state index contributed by atoms with van der Waals surface area (Å²) in [6.07, 6.45) is 1.61. The molecule has 0 saturated carbocycles. The van der Waals surface area contributed by atoms with Crippen LogP contribution in [0, 0.1) is 0 Å². The van der Waals surface area contributed by atoms with Crippen LogP contribution in [0.15, 0.2) is 41.0 Å². The third-order valence-corrected chi connectivity index (χ3v) is 4.20. The third kappa shape index (κ3) is 4.12. The van der Waals surface area contributed by atoms with E-state index in [-0.39, 0.29) is 30.4 Å². The van der Waals surface area contributed by atoms with Crippen molar-refractivity contribution in [3.8, 4) is 5.75 Å². The molecule has 1 aliphatic heterocycles. The summed E-state index contributed by atoms with van der Waals surface area (Å²) in [6.45, 7) is 1.22. The van der Waals surface area contributed by atoms with Crippen LogP contribution in [-0.4, -0.2) is 41.7 Å². The molecule has 0 spiro atoms. The molecule has 1 saturated heterocycles. The second-order valence-corrected chi connectivity index (χ2v) is 6.36. The molecule has 0 aliphatic carbocycles. The van der Waals surface area contributed by atoms with Gasteiger partial charge < -0.3 is 24.5 Å². The predicted octanol–water partition coefficient (Wildman–Crippen LogP) is 2.38. The molecule has 1 atom stereocenters. The number of nitrogens with zero attached hydrogens (tertiary/aromatic N) is 2. The zero-order valence-electron chi connectivity index (χ0n) is 14.3. The molecule has 1 amide bonds. The topological polar surface area (TPSA) is 98.5 Å². The largest absolute Gasteiger partial charge is 0.489 e. The molecule has 0 bridgehead atoms. The van der Waals surface area contributed by atoms with Crippen LogP contribution in [0.5, 0.6) is 5.75 Å². The first-order valence-electron chi connectivity index (χ1n) is 8.41. The van der Waals surface area contributed by atoms with Gasteiger partial charge in [0.2, 0.25) is 11.2 Å². The first-order chi connectivity index (χ1) is 13.2. The first kappa shape index (κ1) is 17.6. The molecule has 9 heteroatoms. The number of para-hydroxylation sites is 1. The number of benzene rings is 1. The summed E-state index contributed by atoms with van der Waals surface area (Å²) >= 11 is 6.11. The van der Waals surface area contributed by atoms with Crippen molar-refractivity contribution in [1.29, 1.82) is 0 Å². The number of anilines is 1. The molecule has 0 radical (unpaired) electrons. The van der Waals surface area contributed by atoms with E-state index in [0.717, 1.165) is 11.1 Å². The second-order valence-electron chi connectivity index (χ2n) is 6.02. The molecule has 4 rings (SSSR count). The summed E-state index contributed by atoms with van der Waals surface area (Å²) in [6, 6.07) is 9.01. The maximum absolute atomic E-state index is 11.4. The van der Waals surface area contributed by atoms with Gasteiger partial charge in [0, 0.05) is 5.39 Å². The van der Waals surface area contributed by atoms with Gasteiger partial charge in [-0.3, -0.25) is 4.79 Å². The monoisotopic (exact) mass is 388 g/mol. The van der Waals surface area contributed by atoms with Crippen molar-refractivity contribution in [3.63, 3.8) is 0 Å². The lowest BCUT2D eigenvalue weighted by atomic mass is 10.2. The summed E-state index contributed by atoms with van der Waals surface area (Å²) in [4.78, 5) is 20.0. The fourth-order valence-electron chi connectivity index (χ4n) is 2.82. The van der Waals surface area contributed by atoms with Gasteiger partial charge in [-0.15, -0.1) is 0 Å². The van der Waals surface area contributed by atoms with Gasteiger partial charge in [0.25, 0.3) is 0 Å². The second kappa shape index (κ2) is 7.81. The van der Waals surface area contributed by atoms with E-state index in [0.29, 0.717) is 30.2 Å². The predicted molar refractivity (Wildman–Crippen MR) is 98.8 cm³/mol. The first-order valence-corrected chi connectivity index (χ1v) is 8.79. The Balaban J connectivity index is 1.55. The maximum atomic E-state index is 11.4. The van der Waals surface area contributed by atoms with Crippen LogP contribution >= 0.6 is 11.6 Å². The number of amides is 1. The van der Waals surface area contributed by atoms with Crippen molar-refractivity contribution < 1.29 is 18.7 Å². The Labute approximate surface area is 159 Å². The molecule has 140 valence electrons. The summed E-state index contributed by atoms with van der Waals surface area (Å²) in [5.41, 5.74) is 0.586. The number of morpholine rings is 1. The molecule has 27 heavy (non-hydrogen) atoms. The smallest absolute Gasteiger partial charge is 0.246 e. The summed E-state index contributed by atoms with van der Waals surface area (Å²) in [5.74, 6) is 1.76. The van der Waals surface area contributed by atoms with Gasteiger partial charge in [-0.2, -0.15) is 0 Å². The number of halogens is 1. The van der Waals surface area contributed by atoms with E-state index < -0.39 is 0 Å². The van der Waals surface area contributed by atoms with Crippen LogP contribution in [0.4, 0.5) is 5.82 Å². The lowest BCUT2D eigenvalue weighted by molar-refractivity contribution is -0.131. The Morgan fingerprint density at radius 2 is 2.22 bits per heavy atom. The van der Waals surface area contributed by atoms with Crippen LogP contribution < -0.4 is 15.4 Å². The average Bonchev–Trinajstić information content (AvgIpc) is 3.18. The van der Waals surface area contributed by atoms with Gasteiger partial charge in [0.05, 0.1) is 25.5 Å². The van der Waals surface area contributed by atoms with Crippen LogP contribution in [0.25, 0.3) is 10.9 Å². The third-order valence-electron chi connectivity index (χ3n) is 4.03. The highest BCUT2D eigenvalue weighted by Gasteiger charge is 2.20. The number of rotatable bonds is 6. The van der Waals surface area contributed by atoms with Gasteiger partial charge >= 0.3 is 0 Å². The number of furan rings is 1. The molecule has 3 heterocycles. The average molecular weight is 389 g/mol. The van der Waals surface area contributed by atoms with Gasteiger partial charge in [0.15, 0.2) is 0 Å². The van der Waals surface area contributed by atoms with Crippen LogP contribution in [0.2, 0.25) is 5.28 Å². The molecule has 3 aromatic rings. The number of hydrogen-bond acceptors (Lipinski definition) is 7. The minimum atomic E-state index is -0.213. The Kier molecular flexibility index (Phi) is 5.08. The Morgan fingerprint density at radius 1 is 1.30 bits per heavy atom. The molecule has 1 fully saturated rings. The van der Waals surface area contributed by atoms with Crippen LogP contribution in [-0.2, 0) is 16.1 Å². The quantitative estimate of drug-likeness (QED) is 0.625. The standard InChI is InChI=1S/C18H17ClN4O4/c19-18-22-16-13(17(23-18)20-7-12-3-2-6-26-12)4-1-5-14(16)27-9-11-8-25-10-15(24)21-11/h1-6,11H,7-10H2,(H,21,24)(H,20,22,23). The number of aromatic nitrogens is 2. The van der Waals surface area contributed by atoms with Gasteiger partial charge in [0.1, 0.15) is 36.1 Å². The van der Waals surface area contributed by atoms with E-state index in [2.05, 4.69) is 20.6 Å². The molecule has 2 aromatic heterocycles. The molecule has 2 N–H and O–H groups in total. The molecule has 1 aliphatic rings. The van der Waals surface area contributed by atoms with E-state index in [1.54, 1.807) is 12.3 Å². The Morgan fingerprint density at radius 3 is 3.04 bits per heavy atom. The number of nitrogens with one attached hydrogen (secondary N) is 2. The van der Waals surface area contributed by atoms with E-state index in [1.807, 2.05) is 24.3 Å². The SMILES string of the molecule is O=C1COCC(COc2cccc3c(NCc4ccco4)nc(Cl)nc23)N1. The van der Waals surface area contributed by atoms with Crippen molar-refractivity contribution in [3.05, 3.63) is 47.6 Å². The zero-order chi connectivity index (χ0) is 18.6. The molecule has 8 nitrogen and oxygen atoms in total. The van der Waals surface area contributed by atoms with Gasteiger partial charge in [-0.1, -0.05) is 6.07 Å². The summed E-state index contributed by atoms with van der Waals surface area (Å²) in [7, 11) is 0. The number of carbonyl (C=O) groups is 1. The van der Waals surface area contributed by atoms with Crippen LogP contribution in [0.3, 0.4) is 0 Å². The Hall–Kier alpha value is -2.84. The molecule has 1 aromatic carbocycles. The van der Waals surface area contributed by atoms with Crippen molar-refractivity contribution in [2.75, 3.05) is 25.1 Å². The van der Waals surface area contributed by atoms with Crippen LogP contribution in [0.1, 0.15) is 5.76 Å². The fraction of sp³-hybridized carbons (Fsp3) is 0.278. The van der Waals surface area contributed by atoms with Crippen molar-refractivity contribution >= 4 is 34.2 Å². The minimum Gasteiger partial charge on any atom is -0.489 e. The fourth-order valence-corrected chi connectivity index (χ4v) is 2.99. The normalized spacial score (nSPS) is 16.9. The lowest BCUT2D eigenvalue weighted by Crippen LogP contribution is -2.48. The highest BCUT2D eigenvalue weighted by atomic mass is 35.5. The highest BCUT2D eigenvalue weighted by molar-refractivity contribution is 6.29. The van der Waals surface area contributed by atoms with E-state index >= 15 is 0 Å². The van der Waals surface area contributed by atoms with E-state index in [4.69, 9.17) is 25.5 Å². The zero-order valence-corrected chi connectivity index (χ0v) is 15.0. The number of hydrogen-bond donors (Lipinski definition) is 2. The summed E-state index contributed by atoms with van der Waals surface area (Å²) in [5, 5.41) is 6.91. The van der Waals surface area contributed by atoms with Gasteiger partial charge in [-0.05, 0) is 35.9 Å². The summed E-state index contributed by atoms with van der Waals surface area (Å²) < 4.78 is 16.4. The Bertz CT molecular complexity index is 948. The number of fused-ring (bicyclic) bond motifs is 1. The maximum Gasteiger partial charge on any atom is 0.246 e. The van der Waals surface area contributed by atoms with Crippen molar-refractivity contribution in [2.45, 2.75) is 12.6 Å². The minimum absolute atomic E-state index is 0.0816. The van der Waals surface area contributed by atoms with Crippen molar-refractivity contribution in [2.24, 2.45) is 0 Å². The van der Waals surface area contributed by atoms with Gasteiger partial charge in [-0.25, -0.2) is 9.97 Å². The number of carbonyl (C=O) groups excluding carboxylic acids is 1.